The molecule has 3 aromatic rings. The zero-order valence-electron chi connectivity index (χ0n) is 15.7. The summed E-state index contributed by atoms with van der Waals surface area (Å²) in [6.45, 7) is 3.11. The molecule has 2 aliphatic rings. The number of rotatable bonds is 6. The molecule has 0 spiro atoms. The molecule has 1 aliphatic heterocycles. The van der Waals surface area contributed by atoms with E-state index in [2.05, 4.69) is 45.3 Å². The molecule has 0 bridgehead atoms. The van der Waals surface area contributed by atoms with Gasteiger partial charge in [-0.05, 0) is 74.4 Å². The van der Waals surface area contributed by atoms with Crippen LogP contribution in [0.15, 0.2) is 42.7 Å². The van der Waals surface area contributed by atoms with E-state index in [4.69, 9.17) is 4.74 Å². The van der Waals surface area contributed by atoms with Gasteiger partial charge in [-0.3, -0.25) is 0 Å². The maximum Gasteiger partial charge on any atom is 0.162 e. The highest BCUT2D eigenvalue weighted by Gasteiger charge is 2.17. The van der Waals surface area contributed by atoms with Crippen LogP contribution in [0.4, 0.5) is 5.69 Å². The number of ether oxygens (including phenoxy) is 1. The minimum Gasteiger partial charge on any atom is -0.378 e. The van der Waals surface area contributed by atoms with Crippen molar-refractivity contribution in [3.63, 3.8) is 0 Å². The van der Waals surface area contributed by atoms with Gasteiger partial charge >= 0.3 is 0 Å². The van der Waals surface area contributed by atoms with Crippen LogP contribution in [0.1, 0.15) is 37.7 Å². The smallest absolute Gasteiger partial charge is 0.162 e. The van der Waals surface area contributed by atoms with Gasteiger partial charge in [-0.1, -0.05) is 0 Å². The normalized spacial score (nSPS) is 17.6. The van der Waals surface area contributed by atoms with Gasteiger partial charge in [0.25, 0.3) is 0 Å². The highest BCUT2D eigenvalue weighted by Crippen LogP contribution is 2.24. The monoisotopic (exact) mass is 362 g/mol. The topological polar surface area (TPSA) is 43.2 Å². The van der Waals surface area contributed by atoms with Crippen molar-refractivity contribution in [3.05, 3.63) is 48.3 Å². The van der Waals surface area contributed by atoms with Crippen molar-refractivity contribution in [2.75, 3.05) is 24.6 Å². The van der Waals surface area contributed by atoms with Gasteiger partial charge in [-0.15, -0.1) is 0 Å². The zero-order chi connectivity index (χ0) is 18.1. The van der Waals surface area contributed by atoms with E-state index >= 15 is 0 Å². The summed E-state index contributed by atoms with van der Waals surface area (Å²) < 4.78 is 7.80. The van der Waals surface area contributed by atoms with Crippen LogP contribution in [0, 0.1) is 0 Å². The summed E-state index contributed by atoms with van der Waals surface area (Å²) in [5, 5.41) is 5.66. The van der Waals surface area contributed by atoms with E-state index in [0.29, 0.717) is 6.10 Å². The minimum absolute atomic E-state index is 0.493. The van der Waals surface area contributed by atoms with Gasteiger partial charge in [0.15, 0.2) is 5.65 Å². The predicted molar refractivity (Wildman–Crippen MR) is 108 cm³/mol. The standard InChI is InChI=1S/C22H26N4O/c1-2-12-25(11-1)19-6-8-20(9-7-19)26-22-18(16-24-26)14-17(15-23-22)10-13-27-21-4-3-5-21/h6-9,14-16,21H,1-5,10-13H2. The highest BCUT2D eigenvalue weighted by molar-refractivity contribution is 5.77. The number of hydrogen-bond donors (Lipinski definition) is 0. The molecule has 0 N–H and O–H groups in total. The van der Waals surface area contributed by atoms with Crippen molar-refractivity contribution in [3.8, 4) is 5.69 Å². The quantitative estimate of drug-likeness (QED) is 0.661. The summed E-state index contributed by atoms with van der Waals surface area (Å²) in [5.74, 6) is 0. The molecular formula is C22H26N4O. The maximum atomic E-state index is 5.87. The average molecular weight is 362 g/mol. The van der Waals surface area contributed by atoms with Crippen LogP contribution in [0.2, 0.25) is 0 Å². The van der Waals surface area contributed by atoms with E-state index in [0.717, 1.165) is 29.7 Å². The minimum atomic E-state index is 0.493. The molecular weight excluding hydrogens is 336 g/mol. The van der Waals surface area contributed by atoms with Crippen LogP contribution in [-0.4, -0.2) is 40.6 Å². The second kappa shape index (κ2) is 7.31. The Morgan fingerprint density at radius 2 is 1.74 bits per heavy atom. The predicted octanol–water partition coefficient (Wildman–Crippen LogP) is 4.13. The number of hydrogen-bond acceptors (Lipinski definition) is 4. The van der Waals surface area contributed by atoms with Crippen molar-refractivity contribution in [1.82, 2.24) is 14.8 Å². The largest absolute Gasteiger partial charge is 0.378 e. The fourth-order valence-corrected chi connectivity index (χ4v) is 3.95. The fraction of sp³-hybridized carbons (Fsp3) is 0.455. The zero-order valence-corrected chi connectivity index (χ0v) is 15.7. The molecule has 2 aromatic heterocycles. The number of benzene rings is 1. The number of fused-ring (bicyclic) bond motifs is 1. The Bertz CT molecular complexity index is 908. The first-order valence-electron chi connectivity index (χ1n) is 10.2. The van der Waals surface area contributed by atoms with E-state index in [1.54, 1.807) is 0 Å². The van der Waals surface area contributed by atoms with E-state index in [9.17, 15) is 0 Å². The lowest BCUT2D eigenvalue weighted by Gasteiger charge is -2.25. The third kappa shape index (κ3) is 3.44. The number of aromatic nitrogens is 3. The summed E-state index contributed by atoms with van der Waals surface area (Å²) in [5.41, 5.74) is 4.48. The van der Waals surface area contributed by atoms with Crippen LogP contribution < -0.4 is 4.90 Å². The Morgan fingerprint density at radius 1 is 0.963 bits per heavy atom. The van der Waals surface area contributed by atoms with E-state index in [1.807, 2.05) is 17.1 Å². The Hall–Kier alpha value is -2.40. The van der Waals surface area contributed by atoms with Gasteiger partial charge in [0.1, 0.15) is 0 Å². The fourth-order valence-electron chi connectivity index (χ4n) is 3.95. The maximum absolute atomic E-state index is 5.87. The van der Waals surface area contributed by atoms with Gasteiger partial charge in [0, 0.05) is 30.4 Å². The summed E-state index contributed by atoms with van der Waals surface area (Å²) in [7, 11) is 0. The second-order valence-corrected chi connectivity index (χ2v) is 7.70. The molecule has 1 saturated heterocycles. The van der Waals surface area contributed by atoms with Gasteiger partial charge in [0.2, 0.25) is 0 Å². The van der Waals surface area contributed by atoms with Crippen molar-refractivity contribution < 1.29 is 4.74 Å². The van der Waals surface area contributed by atoms with Crippen molar-refractivity contribution in [2.45, 2.75) is 44.6 Å². The lowest BCUT2D eigenvalue weighted by Crippen LogP contribution is -2.22. The molecule has 0 radical (unpaired) electrons. The molecule has 2 fully saturated rings. The molecule has 140 valence electrons. The van der Waals surface area contributed by atoms with Gasteiger partial charge in [-0.2, -0.15) is 5.10 Å². The third-order valence-electron chi connectivity index (χ3n) is 5.83. The first-order valence-corrected chi connectivity index (χ1v) is 10.2. The summed E-state index contributed by atoms with van der Waals surface area (Å²) in [6.07, 6.45) is 11.6. The van der Waals surface area contributed by atoms with Crippen molar-refractivity contribution in [2.24, 2.45) is 0 Å². The molecule has 5 rings (SSSR count). The Kier molecular flexibility index (Phi) is 4.54. The summed E-state index contributed by atoms with van der Waals surface area (Å²) in [6, 6.07) is 10.9. The first-order chi connectivity index (χ1) is 13.4. The lowest BCUT2D eigenvalue weighted by molar-refractivity contribution is 0.00412. The SMILES string of the molecule is c1nc2c(cnn2-c2ccc(N3CCCC3)cc2)cc1CCOC1CCC1. The second-order valence-electron chi connectivity index (χ2n) is 7.70. The number of nitrogens with zero attached hydrogens (tertiary/aromatic N) is 4. The van der Waals surface area contributed by atoms with Crippen molar-refractivity contribution >= 4 is 16.7 Å². The molecule has 1 aromatic carbocycles. The van der Waals surface area contributed by atoms with Crippen LogP contribution in [0.5, 0.6) is 0 Å². The first kappa shape index (κ1) is 16.8. The van der Waals surface area contributed by atoms with Crippen molar-refractivity contribution in [1.29, 1.82) is 0 Å². The molecule has 0 amide bonds. The third-order valence-corrected chi connectivity index (χ3v) is 5.83. The van der Waals surface area contributed by atoms with E-state index < -0.39 is 0 Å². The molecule has 0 unspecified atom stereocenters. The molecule has 1 aliphatic carbocycles. The number of pyridine rings is 1. The molecule has 1 saturated carbocycles. The van der Waals surface area contributed by atoms with Crippen LogP contribution in [0.3, 0.4) is 0 Å². The summed E-state index contributed by atoms with van der Waals surface area (Å²) in [4.78, 5) is 7.13. The van der Waals surface area contributed by atoms with Crippen LogP contribution >= 0.6 is 0 Å². The molecule has 3 heterocycles. The Labute approximate surface area is 160 Å². The highest BCUT2D eigenvalue weighted by atomic mass is 16.5. The molecule has 27 heavy (non-hydrogen) atoms. The van der Waals surface area contributed by atoms with Crippen LogP contribution in [-0.2, 0) is 11.2 Å². The van der Waals surface area contributed by atoms with Gasteiger partial charge in [0.05, 0.1) is 24.6 Å². The van der Waals surface area contributed by atoms with Gasteiger partial charge in [-0.25, -0.2) is 9.67 Å². The summed E-state index contributed by atoms with van der Waals surface area (Å²) >= 11 is 0. The lowest BCUT2D eigenvalue weighted by atomic mass is 9.96. The van der Waals surface area contributed by atoms with E-state index in [1.165, 1.54) is 56.4 Å². The number of anilines is 1. The van der Waals surface area contributed by atoms with Gasteiger partial charge < -0.3 is 9.64 Å². The van der Waals surface area contributed by atoms with E-state index in [-0.39, 0.29) is 0 Å². The molecule has 0 atom stereocenters. The average Bonchev–Trinajstić information content (AvgIpc) is 3.33. The Balaban J connectivity index is 1.31. The molecule has 5 heteroatoms. The van der Waals surface area contributed by atoms with Crippen LogP contribution in [0.25, 0.3) is 16.7 Å². The molecule has 5 nitrogen and oxygen atoms in total. The Morgan fingerprint density at radius 3 is 2.48 bits per heavy atom.